The van der Waals surface area contributed by atoms with Gasteiger partial charge in [-0.25, -0.2) is 0 Å². The van der Waals surface area contributed by atoms with E-state index in [0.29, 0.717) is 17.8 Å². The van der Waals surface area contributed by atoms with Gasteiger partial charge >= 0.3 is 0 Å². The predicted octanol–water partition coefficient (Wildman–Crippen LogP) is 2.02. The second kappa shape index (κ2) is 11.8. The van der Waals surface area contributed by atoms with Crippen LogP contribution >= 0.6 is 0 Å². The van der Waals surface area contributed by atoms with E-state index in [-0.39, 0.29) is 12.5 Å². The Morgan fingerprint density at radius 3 is 2.85 bits per heavy atom. The van der Waals surface area contributed by atoms with Crippen molar-refractivity contribution in [2.75, 3.05) is 20.8 Å². The van der Waals surface area contributed by atoms with Crippen LogP contribution in [-0.2, 0) is 19.1 Å². The average molecular weight is 376 g/mol. The van der Waals surface area contributed by atoms with E-state index in [1.807, 2.05) is 19.1 Å². The molecule has 0 aliphatic carbocycles. The largest absolute Gasteiger partial charge is 0.504 e. The summed E-state index contributed by atoms with van der Waals surface area (Å²) in [5.74, 6) is 0.0411. The number of aliphatic hydroxyl groups is 1. The SMILES string of the molecule is C=C/C=C(/C)C1=CCC(C(=O)NCC(O)C(/C=C/OC)=C/C(=C)OC)ON1. The summed E-state index contributed by atoms with van der Waals surface area (Å²) in [5, 5.41) is 13.0. The zero-order valence-corrected chi connectivity index (χ0v) is 16.0. The van der Waals surface area contributed by atoms with Gasteiger partial charge < -0.3 is 19.9 Å². The highest BCUT2D eigenvalue weighted by molar-refractivity contribution is 5.81. The maximum Gasteiger partial charge on any atom is 0.252 e. The Bertz CT molecular complexity index is 661. The summed E-state index contributed by atoms with van der Waals surface area (Å²) in [5.41, 5.74) is 5.00. The normalized spacial score (nSPS) is 19.0. The lowest BCUT2D eigenvalue weighted by Gasteiger charge is -2.24. The first-order valence-electron chi connectivity index (χ1n) is 8.44. The van der Waals surface area contributed by atoms with Crippen LogP contribution in [0.2, 0.25) is 0 Å². The summed E-state index contributed by atoms with van der Waals surface area (Å²) < 4.78 is 9.86. The minimum Gasteiger partial charge on any atom is -0.504 e. The molecule has 0 saturated carbocycles. The van der Waals surface area contributed by atoms with Crippen LogP contribution in [0.3, 0.4) is 0 Å². The molecule has 0 aromatic carbocycles. The molecule has 148 valence electrons. The number of carbonyl (C=O) groups is 1. The number of nitrogens with one attached hydrogen (secondary N) is 2. The van der Waals surface area contributed by atoms with Crippen molar-refractivity contribution in [1.29, 1.82) is 0 Å². The second-order valence-electron chi connectivity index (χ2n) is 5.76. The van der Waals surface area contributed by atoms with Gasteiger partial charge in [0.25, 0.3) is 5.91 Å². The number of methoxy groups -OCH3 is 2. The molecule has 27 heavy (non-hydrogen) atoms. The van der Waals surface area contributed by atoms with Crippen LogP contribution in [0.5, 0.6) is 0 Å². The molecule has 1 aliphatic rings. The third-order valence-corrected chi connectivity index (χ3v) is 3.77. The lowest BCUT2D eigenvalue weighted by Crippen LogP contribution is -2.44. The van der Waals surface area contributed by atoms with Crippen LogP contribution < -0.4 is 10.8 Å². The molecule has 1 amide bonds. The number of hydroxylamine groups is 1. The maximum atomic E-state index is 12.3. The fourth-order valence-corrected chi connectivity index (χ4v) is 2.19. The Hall–Kier alpha value is -2.77. The molecule has 0 aromatic heterocycles. The van der Waals surface area contributed by atoms with Gasteiger partial charge in [0.2, 0.25) is 0 Å². The number of ether oxygens (including phenoxy) is 2. The number of amides is 1. The molecular formula is C20H28N2O5. The van der Waals surface area contributed by atoms with Gasteiger partial charge in [-0.2, -0.15) is 0 Å². The van der Waals surface area contributed by atoms with Crippen molar-refractivity contribution >= 4 is 5.91 Å². The minimum atomic E-state index is -0.965. The Kier molecular flexibility index (Phi) is 9.71. The van der Waals surface area contributed by atoms with Crippen LogP contribution in [0, 0.1) is 0 Å². The predicted molar refractivity (Wildman–Crippen MR) is 104 cm³/mol. The van der Waals surface area contributed by atoms with Crippen LogP contribution in [0.4, 0.5) is 0 Å². The van der Waals surface area contributed by atoms with Gasteiger partial charge in [-0.1, -0.05) is 31.4 Å². The zero-order valence-electron chi connectivity index (χ0n) is 16.0. The van der Waals surface area contributed by atoms with Gasteiger partial charge in [-0.3, -0.25) is 15.1 Å². The molecule has 0 aromatic rings. The van der Waals surface area contributed by atoms with E-state index in [1.165, 1.54) is 20.5 Å². The van der Waals surface area contributed by atoms with Gasteiger partial charge in [0, 0.05) is 13.0 Å². The molecule has 7 nitrogen and oxygen atoms in total. The number of carbonyl (C=O) groups excluding carboxylic acids is 1. The van der Waals surface area contributed by atoms with Gasteiger partial charge in [0.05, 0.1) is 32.3 Å². The molecule has 7 heteroatoms. The van der Waals surface area contributed by atoms with E-state index in [4.69, 9.17) is 14.3 Å². The van der Waals surface area contributed by atoms with Crippen molar-refractivity contribution in [2.45, 2.75) is 25.6 Å². The van der Waals surface area contributed by atoms with E-state index in [0.717, 1.165) is 11.3 Å². The van der Waals surface area contributed by atoms with Crippen LogP contribution in [-0.4, -0.2) is 44.0 Å². The molecule has 0 bridgehead atoms. The molecule has 1 rings (SSSR count). The summed E-state index contributed by atoms with van der Waals surface area (Å²) in [6.45, 7) is 9.25. The molecule has 2 atom stereocenters. The topological polar surface area (TPSA) is 89.1 Å². The Morgan fingerprint density at radius 1 is 1.56 bits per heavy atom. The van der Waals surface area contributed by atoms with Crippen molar-refractivity contribution in [3.8, 4) is 0 Å². The lowest BCUT2D eigenvalue weighted by atomic mass is 10.1. The van der Waals surface area contributed by atoms with Gasteiger partial charge in [0.15, 0.2) is 6.10 Å². The fraction of sp³-hybridized carbons (Fsp3) is 0.350. The van der Waals surface area contributed by atoms with E-state index >= 15 is 0 Å². The van der Waals surface area contributed by atoms with Gasteiger partial charge in [0.1, 0.15) is 5.76 Å². The fourth-order valence-electron chi connectivity index (χ4n) is 2.19. The number of rotatable bonds is 10. The standard InChI is InChI=1S/C20H28N2O5/c1-6-7-14(2)17-8-9-19(27-22-17)20(24)21-13-18(23)16(10-11-25-4)12-15(3)26-5/h6-8,10-12,18-19,22-23H,1,3,9,13H2,2,4-5H3,(H,21,24)/b11-10+,14-7-,16-12+. The van der Waals surface area contributed by atoms with E-state index < -0.39 is 12.2 Å². The highest BCUT2D eigenvalue weighted by Crippen LogP contribution is 2.15. The molecule has 0 spiro atoms. The molecule has 2 unspecified atom stereocenters. The van der Waals surface area contributed by atoms with Gasteiger partial charge in [-0.05, 0) is 30.2 Å². The zero-order chi connectivity index (χ0) is 20.2. The smallest absolute Gasteiger partial charge is 0.252 e. The average Bonchev–Trinajstić information content (AvgIpc) is 2.69. The molecule has 1 heterocycles. The van der Waals surface area contributed by atoms with Crippen LogP contribution in [0.15, 0.2) is 72.4 Å². The van der Waals surface area contributed by atoms with E-state index in [9.17, 15) is 9.90 Å². The van der Waals surface area contributed by atoms with Gasteiger partial charge in [-0.15, -0.1) is 0 Å². The highest BCUT2D eigenvalue weighted by atomic mass is 16.7. The summed E-state index contributed by atoms with van der Waals surface area (Å²) in [6.07, 6.45) is 8.72. The first-order chi connectivity index (χ1) is 12.9. The Balaban J connectivity index is 2.63. The molecule has 0 saturated heterocycles. The second-order valence-corrected chi connectivity index (χ2v) is 5.76. The number of allylic oxidation sites excluding steroid dienone is 4. The Morgan fingerprint density at radius 2 is 2.30 bits per heavy atom. The third-order valence-electron chi connectivity index (χ3n) is 3.77. The summed E-state index contributed by atoms with van der Waals surface area (Å²) in [7, 11) is 2.97. The molecular weight excluding hydrogens is 348 g/mol. The highest BCUT2D eigenvalue weighted by Gasteiger charge is 2.23. The summed E-state index contributed by atoms with van der Waals surface area (Å²) in [4.78, 5) is 17.7. The van der Waals surface area contributed by atoms with Crippen molar-refractivity contribution in [1.82, 2.24) is 10.8 Å². The molecule has 0 fully saturated rings. The quantitative estimate of drug-likeness (QED) is 0.399. The maximum absolute atomic E-state index is 12.3. The first kappa shape index (κ1) is 22.3. The molecule has 1 aliphatic heterocycles. The molecule has 3 N–H and O–H groups in total. The lowest BCUT2D eigenvalue weighted by molar-refractivity contribution is -0.138. The molecule has 0 radical (unpaired) electrons. The summed E-state index contributed by atoms with van der Waals surface area (Å²) in [6, 6.07) is 0. The van der Waals surface area contributed by atoms with E-state index in [2.05, 4.69) is 24.0 Å². The number of aliphatic hydroxyl groups excluding tert-OH is 1. The minimum absolute atomic E-state index is 0.00153. The van der Waals surface area contributed by atoms with Crippen molar-refractivity contribution in [3.05, 3.63) is 72.4 Å². The Labute approximate surface area is 160 Å². The van der Waals surface area contributed by atoms with E-state index in [1.54, 1.807) is 18.2 Å². The van der Waals surface area contributed by atoms with Crippen molar-refractivity contribution in [3.63, 3.8) is 0 Å². The monoisotopic (exact) mass is 376 g/mol. The van der Waals surface area contributed by atoms with Crippen molar-refractivity contribution in [2.24, 2.45) is 0 Å². The third kappa shape index (κ3) is 7.55. The number of hydrogen-bond donors (Lipinski definition) is 3. The van der Waals surface area contributed by atoms with Crippen molar-refractivity contribution < 1.29 is 24.2 Å². The van der Waals surface area contributed by atoms with Crippen LogP contribution in [0.1, 0.15) is 13.3 Å². The first-order valence-corrected chi connectivity index (χ1v) is 8.44. The summed E-state index contributed by atoms with van der Waals surface area (Å²) >= 11 is 0. The van der Waals surface area contributed by atoms with Crippen LogP contribution in [0.25, 0.3) is 0 Å². The number of hydrogen-bond acceptors (Lipinski definition) is 6.